The lowest BCUT2D eigenvalue weighted by Gasteiger charge is -2.18. The van der Waals surface area contributed by atoms with Gasteiger partial charge >= 0.3 is 6.09 Å². The maximum absolute atomic E-state index is 12.6. The summed E-state index contributed by atoms with van der Waals surface area (Å²) in [7, 11) is 4.01. The van der Waals surface area contributed by atoms with Crippen molar-refractivity contribution in [2.45, 2.75) is 24.4 Å². The highest BCUT2D eigenvalue weighted by molar-refractivity contribution is 5.84. The van der Waals surface area contributed by atoms with Gasteiger partial charge in [-0.3, -0.25) is 5.32 Å². The minimum atomic E-state index is -0.577. The summed E-state index contributed by atoms with van der Waals surface area (Å²) in [5.74, 6) is 1.89. The molecule has 10 heteroatoms. The third-order valence-electron chi connectivity index (χ3n) is 7.00. The molecule has 41 heavy (non-hydrogen) atoms. The number of anilines is 3. The maximum atomic E-state index is 12.6. The molecule has 2 aliphatic rings. The Balaban J connectivity index is 1.02. The van der Waals surface area contributed by atoms with Crippen LogP contribution in [0, 0.1) is 0 Å². The molecule has 3 heterocycles. The van der Waals surface area contributed by atoms with E-state index in [9.17, 15) is 4.79 Å². The number of carbonyl (C=O) groups is 1. The lowest BCUT2D eigenvalue weighted by molar-refractivity contribution is 0.00917. The summed E-state index contributed by atoms with van der Waals surface area (Å²) in [4.78, 5) is 23.7. The minimum absolute atomic E-state index is 0.180. The molecule has 210 valence electrons. The number of amides is 1. The molecule has 0 aliphatic carbocycles. The highest BCUT2D eigenvalue weighted by Gasteiger charge is 2.49. The molecule has 0 saturated carbocycles. The van der Waals surface area contributed by atoms with Crippen LogP contribution in [0.4, 0.5) is 22.1 Å². The lowest BCUT2D eigenvalue weighted by Crippen LogP contribution is -2.38. The van der Waals surface area contributed by atoms with Crippen LogP contribution in [0.3, 0.4) is 0 Å². The zero-order valence-corrected chi connectivity index (χ0v) is 22.8. The molecule has 4 unspecified atom stereocenters. The molecule has 2 aliphatic heterocycles. The SMILES string of the molecule is CN(C)c1ccc(-c2ccnc(NC3COC4C(OC(=O)Nc5ccc(Oc6ccccc6)cc5)COC34)n2)cc1. The van der Waals surface area contributed by atoms with Crippen molar-refractivity contribution in [3.63, 3.8) is 0 Å². The van der Waals surface area contributed by atoms with E-state index < -0.39 is 12.2 Å². The first-order valence-electron chi connectivity index (χ1n) is 13.4. The van der Waals surface area contributed by atoms with Gasteiger partial charge in [-0.25, -0.2) is 14.8 Å². The summed E-state index contributed by atoms with van der Waals surface area (Å²) < 4.78 is 23.4. The maximum Gasteiger partial charge on any atom is 0.412 e. The van der Waals surface area contributed by atoms with Crippen LogP contribution in [0.25, 0.3) is 11.3 Å². The normalized spacial score (nSPS) is 21.1. The molecule has 1 amide bonds. The monoisotopic (exact) mass is 553 g/mol. The van der Waals surface area contributed by atoms with Crippen LogP contribution in [-0.2, 0) is 14.2 Å². The average Bonchev–Trinajstić information content (AvgIpc) is 3.58. The molecule has 3 aromatic carbocycles. The summed E-state index contributed by atoms with van der Waals surface area (Å²) >= 11 is 0. The molecule has 2 saturated heterocycles. The Kier molecular flexibility index (Phi) is 7.66. The van der Waals surface area contributed by atoms with Crippen LogP contribution in [0.5, 0.6) is 11.5 Å². The van der Waals surface area contributed by atoms with Crippen molar-refractivity contribution in [3.05, 3.63) is 91.1 Å². The Bertz CT molecular complexity index is 1470. The number of carbonyl (C=O) groups excluding carboxylic acids is 1. The van der Waals surface area contributed by atoms with Crippen LogP contribution < -0.4 is 20.3 Å². The number of nitrogens with zero attached hydrogens (tertiary/aromatic N) is 3. The van der Waals surface area contributed by atoms with E-state index in [0.29, 0.717) is 24.0 Å². The molecule has 4 aromatic rings. The number of ether oxygens (including phenoxy) is 4. The lowest BCUT2D eigenvalue weighted by atomic mass is 10.1. The van der Waals surface area contributed by atoms with Gasteiger partial charge < -0.3 is 29.2 Å². The van der Waals surface area contributed by atoms with Crippen molar-refractivity contribution in [1.82, 2.24) is 9.97 Å². The second-order valence-corrected chi connectivity index (χ2v) is 10.1. The fourth-order valence-electron chi connectivity index (χ4n) is 4.89. The number of fused-ring (bicyclic) bond motifs is 1. The number of rotatable bonds is 8. The second-order valence-electron chi connectivity index (χ2n) is 10.1. The van der Waals surface area contributed by atoms with E-state index in [1.54, 1.807) is 30.5 Å². The van der Waals surface area contributed by atoms with E-state index >= 15 is 0 Å². The van der Waals surface area contributed by atoms with Gasteiger partial charge in [-0.05, 0) is 54.6 Å². The largest absolute Gasteiger partial charge is 0.457 e. The highest BCUT2D eigenvalue weighted by atomic mass is 16.6. The quantitative estimate of drug-likeness (QED) is 0.305. The molecule has 0 bridgehead atoms. The smallest absolute Gasteiger partial charge is 0.412 e. The molecule has 0 radical (unpaired) electrons. The Hall–Kier alpha value is -4.67. The average molecular weight is 554 g/mol. The zero-order valence-electron chi connectivity index (χ0n) is 22.8. The molecule has 1 aromatic heterocycles. The van der Waals surface area contributed by atoms with Gasteiger partial charge in [0.2, 0.25) is 5.95 Å². The van der Waals surface area contributed by atoms with Crippen molar-refractivity contribution < 1.29 is 23.7 Å². The Morgan fingerprint density at radius 3 is 2.37 bits per heavy atom. The van der Waals surface area contributed by atoms with Gasteiger partial charge in [0.25, 0.3) is 0 Å². The topological polar surface area (TPSA) is 107 Å². The van der Waals surface area contributed by atoms with E-state index in [-0.39, 0.29) is 24.9 Å². The molecule has 6 rings (SSSR count). The molecule has 10 nitrogen and oxygen atoms in total. The van der Waals surface area contributed by atoms with E-state index in [2.05, 4.69) is 37.6 Å². The highest BCUT2D eigenvalue weighted by Crippen LogP contribution is 2.31. The van der Waals surface area contributed by atoms with Crippen LogP contribution >= 0.6 is 0 Å². The number of hydrogen-bond donors (Lipinski definition) is 2. The standard InChI is InChI=1S/C31H31N5O5/c1-36(2)22-12-8-20(9-13-22)25-16-17-32-30(34-25)35-26-18-38-29-27(19-39-28(26)29)41-31(37)33-21-10-14-24(15-11-21)40-23-6-4-3-5-7-23/h3-17,26-29H,18-19H2,1-2H3,(H,33,37)(H,32,34,35). The van der Waals surface area contributed by atoms with Crippen LogP contribution in [0.1, 0.15) is 0 Å². The van der Waals surface area contributed by atoms with Crippen molar-refractivity contribution in [2.24, 2.45) is 0 Å². The van der Waals surface area contributed by atoms with Gasteiger partial charge in [-0.15, -0.1) is 0 Å². The van der Waals surface area contributed by atoms with Gasteiger partial charge in [0, 0.05) is 37.2 Å². The third-order valence-corrected chi connectivity index (χ3v) is 7.00. The molecular weight excluding hydrogens is 522 g/mol. The summed E-state index contributed by atoms with van der Waals surface area (Å²) in [5.41, 5.74) is 3.52. The van der Waals surface area contributed by atoms with E-state index in [1.165, 1.54) is 0 Å². The second kappa shape index (κ2) is 11.8. The van der Waals surface area contributed by atoms with Crippen LogP contribution in [-0.4, -0.2) is 67.7 Å². The van der Waals surface area contributed by atoms with Gasteiger partial charge in [0.15, 0.2) is 6.10 Å². The van der Waals surface area contributed by atoms with Gasteiger partial charge in [-0.1, -0.05) is 30.3 Å². The molecule has 2 fully saturated rings. The molecule has 0 spiro atoms. The predicted molar refractivity (Wildman–Crippen MR) is 156 cm³/mol. The van der Waals surface area contributed by atoms with E-state index in [1.807, 2.05) is 62.6 Å². The summed E-state index contributed by atoms with van der Waals surface area (Å²) in [6.45, 7) is 0.620. The predicted octanol–water partition coefficient (Wildman–Crippen LogP) is 5.20. The third kappa shape index (κ3) is 6.24. The number of aromatic nitrogens is 2. The summed E-state index contributed by atoms with van der Waals surface area (Å²) in [6.07, 6.45) is -0.0676. The van der Waals surface area contributed by atoms with Crippen LogP contribution in [0.15, 0.2) is 91.1 Å². The van der Waals surface area contributed by atoms with Crippen molar-refractivity contribution in [2.75, 3.05) is 42.8 Å². The fourth-order valence-corrected chi connectivity index (χ4v) is 4.89. The fraction of sp³-hybridized carbons (Fsp3) is 0.258. The first kappa shape index (κ1) is 26.5. The number of hydrogen-bond acceptors (Lipinski definition) is 9. The first-order chi connectivity index (χ1) is 20.0. The minimum Gasteiger partial charge on any atom is -0.457 e. The van der Waals surface area contributed by atoms with Crippen molar-refractivity contribution in [1.29, 1.82) is 0 Å². The number of para-hydroxylation sites is 1. The van der Waals surface area contributed by atoms with E-state index in [0.717, 1.165) is 22.7 Å². The van der Waals surface area contributed by atoms with Crippen molar-refractivity contribution in [3.8, 4) is 22.8 Å². The molecule has 4 atom stereocenters. The summed E-state index contributed by atoms with van der Waals surface area (Å²) in [6, 6.07) is 26.4. The number of nitrogens with one attached hydrogen (secondary N) is 2. The Labute approximate surface area is 238 Å². The zero-order chi connectivity index (χ0) is 28.2. The molecular formula is C31H31N5O5. The van der Waals surface area contributed by atoms with Gasteiger partial charge in [-0.2, -0.15) is 0 Å². The van der Waals surface area contributed by atoms with E-state index in [4.69, 9.17) is 18.9 Å². The summed E-state index contributed by atoms with van der Waals surface area (Å²) in [5, 5.41) is 6.10. The Morgan fingerprint density at radius 2 is 1.61 bits per heavy atom. The van der Waals surface area contributed by atoms with Gasteiger partial charge in [0.05, 0.1) is 24.9 Å². The Morgan fingerprint density at radius 1 is 0.878 bits per heavy atom. The number of benzene rings is 3. The molecule has 2 N–H and O–H groups in total. The first-order valence-corrected chi connectivity index (χ1v) is 13.4. The van der Waals surface area contributed by atoms with Crippen molar-refractivity contribution >= 4 is 23.4 Å². The van der Waals surface area contributed by atoms with Crippen LogP contribution in [0.2, 0.25) is 0 Å². The van der Waals surface area contributed by atoms with Gasteiger partial charge in [0.1, 0.15) is 23.7 Å².